The molecule has 2 aromatic rings. The van der Waals surface area contributed by atoms with Crippen molar-refractivity contribution in [3.63, 3.8) is 0 Å². The Hall–Kier alpha value is -3.18. The van der Waals surface area contributed by atoms with Crippen molar-refractivity contribution in [2.45, 2.75) is 25.7 Å². The molecular weight excluding hydrogens is 456 g/mol. The number of allylic oxidation sites excluding steroid dienone is 1. The molecule has 34 heavy (non-hydrogen) atoms. The van der Waals surface area contributed by atoms with Gasteiger partial charge >= 0.3 is 0 Å². The van der Waals surface area contributed by atoms with Gasteiger partial charge in [-0.15, -0.1) is 0 Å². The van der Waals surface area contributed by atoms with Crippen molar-refractivity contribution in [1.29, 1.82) is 0 Å². The average Bonchev–Trinajstić information content (AvgIpc) is 2.81. The molecule has 0 spiro atoms. The minimum absolute atomic E-state index is 0.335. The second kappa shape index (κ2) is 10.8. The van der Waals surface area contributed by atoms with Gasteiger partial charge in [0, 0.05) is 25.8 Å². The van der Waals surface area contributed by atoms with Crippen molar-refractivity contribution >= 4 is 39.1 Å². The molecule has 182 valence electrons. The zero-order chi connectivity index (χ0) is 24.0. The summed E-state index contributed by atoms with van der Waals surface area (Å²) in [6.07, 6.45) is 9.80. The van der Waals surface area contributed by atoms with Gasteiger partial charge in [0.1, 0.15) is 5.82 Å². The number of hydrogen-bond donors (Lipinski definition) is 4. The summed E-state index contributed by atoms with van der Waals surface area (Å²) in [4.78, 5) is 24.0. The first-order chi connectivity index (χ1) is 16.4. The van der Waals surface area contributed by atoms with Crippen molar-refractivity contribution in [3.05, 3.63) is 48.2 Å². The zero-order valence-corrected chi connectivity index (χ0v) is 19.7. The molecule has 11 heteroatoms. The minimum atomic E-state index is -3.69. The van der Waals surface area contributed by atoms with E-state index in [0.29, 0.717) is 41.2 Å². The minimum Gasteiger partial charge on any atom is -0.395 e. The summed E-state index contributed by atoms with van der Waals surface area (Å²) < 4.78 is 26.9. The van der Waals surface area contributed by atoms with Gasteiger partial charge in [0.05, 0.1) is 29.3 Å². The molecule has 4 N–H and O–H groups in total. The summed E-state index contributed by atoms with van der Waals surface area (Å²) in [6.45, 7) is 1.77. The number of sulfonamides is 1. The fourth-order valence-corrected chi connectivity index (χ4v) is 5.08. The highest BCUT2D eigenvalue weighted by Crippen LogP contribution is 2.31. The predicted octanol–water partition coefficient (Wildman–Crippen LogP) is 2.44. The Morgan fingerprint density at radius 3 is 2.97 bits per heavy atom. The maximum absolute atomic E-state index is 13.3. The number of nitrogens with zero attached hydrogens (tertiary/aromatic N) is 3. The number of piperidine rings is 1. The van der Waals surface area contributed by atoms with Gasteiger partial charge in [-0.3, -0.25) is 9.52 Å². The fraction of sp³-hybridized carbons (Fsp3) is 0.435. The third-order valence-corrected chi connectivity index (χ3v) is 7.13. The van der Waals surface area contributed by atoms with Crippen LogP contribution in [0.5, 0.6) is 0 Å². The van der Waals surface area contributed by atoms with Crippen LogP contribution in [-0.4, -0.2) is 61.4 Å². The molecule has 1 fully saturated rings. The van der Waals surface area contributed by atoms with E-state index in [0.717, 1.165) is 38.8 Å². The second-order valence-corrected chi connectivity index (χ2v) is 10.3. The highest BCUT2D eigenvalue weighted by molar-refractivity contribution is 7.92. The maximum atomic E-state index is 13.3. The summed E-state index contributed by atoms with van der Waals surface area (Å²) >= 11 is 0. The standard InChI is InChI=1S/C23H30N6O4S/c30-13-14-34(32,33)28-18-7-8-19-20(15-18)29-12-4-6-17(16-29)5-2-1-3-10-24-23-25-11-9-21(27-23)26-22(19)31/h1-2,7-9,11,15,17,28,30H,3-6,10,12-14,16H2,(H2,24,25,26,27,31)/b2-1-. The Labute approximate surface area is 199 Å². The second-order valence-electron chi connectivity index (χ2n) is 8.47. The summed E-state index contributed by atoms with van der Waals surface area (Å²) in [6, 6.07) is 6.50. The highest BCUT2D eigenvalue weighted by Gasteiger charge is 2.24. The Morgan fingerprint density at radius 2 is 2.12 bits per heavy atom. The number of benzene rings is 1. The first-order valence-electron chi connectivity index (χ1n) is 11.5. The number of anilines is 4. The topological polar surface area (TPSA) is 137 Å². The molecule has 1 aromatic carbocycles. The lowest BCUT2D eigenvalue weighted by Gasteiger charge is -2.35. The molecule has 3 heterocycles. The number of amides is 1. The number of aliphatic hydroxyl groups excluding tert-OH is 1. The molecule has 1 saturated heterocycles. The van der Waals surface area contributed by atoms with E-state index < -0.39 is 22.4 Å². The third-order valence-electron chi connectivity index (χ3n) is 5.86. The van der Waals surface area contributed by atoms with Crippen LogP contribution in [0.3, 0.4) is 0 Å². The first kappa shape index (κ1) is 24.0. The molecule has 4 bridgehead atoms. The van der Waals surface area contributed by atoms with E-state index in [-0.39, 0.29) is 5.91 Å². The van der Waals surface area contributed by atoms with Gasteiger partial charge in [0.25, 0.3) is 5.91 Å². The van der Waals surface area contributed by atoms with E-state index in [9.17, 15) is 13.2 Å². The molecule has 4 rings (SSSR count). The zero-order valence-electron chi connectivity index (χ0n) is 18.9. The molecular formula is C23H30N6O4S. The van der Waals surface area contributed by atoms with E-state index in [1.165, 1.54) is 0 Å². The summed E-state index contributed by atoms with van der Waals surface area (Å²) in [5.41, 5.74) is 1.45. The predicted molar refractivity (Wildman–Crippen MR) is 133 cm³/mol. The van der Waals surface area contributed by atoms with Crippen molar-refractivity contribution in [2.75, 3.05) is 52.2 Å². The lowest BCUT2D eigenvalue weighted by molar-refractivity contribution is 0.102. The molecule has 2 aliphatic rings. The molecule has 1 atom stereocenters. The monoisotopic (exact) mass is 486 g/mol. The number of nitrogens with one attached hydrogen (secondary N) is 3. The Morgan fingerprint density at radius 1 is 1.24 bits per heavy atom. The van der Waals surface area contributed by atoms with Gasteiger partial charge in [-0.1, -0.05) is 12.2 Å². The van der Waals surface area contributed by atoms with Gasteiger partial charge in [-0.05, 0) is 55.9 Å². The maximum Gasteiger partial charge on any atom is 0.258 e. The van der Waals surface area contributed by atoms with Gasteiger partial charge in [0.2, 0.25) is 16.0 Å². The van der Waals surface area contributed by atoms with E-state index in [1.54, 1.807) is 30.5 Å². The number of aliphatic hydroxyl groups is 1. The van der Waals surface area contributed by atoms with Gasteiger partial charge in [0.15, 0.2) is 0 Å². The quantitative estimate of drug-likeness (QED) is 0.484. The van der Waals surface area contributed by atoms with Crippen LogP contribution in [0.1, 0.15) is 36.0 Å². The normalized spacial score (nSPS) is 20.0. The average molecular weight is 487 g/mol. The summed E-state index contributed by atoms with van der Waals surface area (Å²) in [5, 5.41) is 15.0. The van der Waals surface area contributed by atoms with E-state index >= 15 is 0 Å². The van der Waals surface area contributed by atoms with Crippen molar-refractivity contribution < 1.29 is 18.3 Å². The molecule has 2 aliphatic heterocycles. The van der Waals surface area contributed by atoms with E-state index in [4.69, 9.17) is 5.11 Å². The lowest BCUT2D eigenvalue weighted by atomic mass is 9.93. The molecule has 0 saturated carbocycles. The Bertz CT molecular complexity index is 1150. The lowest BCUT2D eigenvalue weighted by Crippen LogP contribution is -2.36. The van der Waals surface area contributed by atoms with Crippen LogP contribution < -0.4 is 20.3 Å². The van der Waals surface area contributed by atoms with Crippen molar-refractivity contribution in [2.24, 2.45) is 5.92 Å². The van der Waals surface area contributed by atoms with Gasteiger partial charge in [-0.2, -0.15) is 4.98 Å². The van der Waals surface area contributed by atoms with E-state index in [2.05, 4.69) is 42.4 Å². The number of rotatable bonds is 4. The van der Waals surface area contributed by atoms with Crippen LogP contribution in [0.4, 0.5) is 23.1 Å². The number of fused-ring (bicyclic) bond motifs is 6. The molecule has 1 amide bonds. The van der Waals surface area contributed by atoms with Crippen LogP contribution in [0.15, 0.2) is 42.6 Å². The smallest absolute Gasteiger partial charge is 0.258 e. The SMILES string of the molecule is O=C1Nc2ccnc(n2)NCC/C=C\CC2CCCN(C2)c2cc(NS(=O)(=O)CCO)ccc21. The molecule has 1 aromatic heterocycles. The van der Waals surface area contributed by atoms with Gasteiger partial charge in [-0.25, -0.2) is 13.4 Å². The van der Waals surface area contributed by atoms with E-state index in [1.807, 2.05) is 0 Å². The fourth-order valence-electron chi connectivity index (χ4n) is 4.25. The third kappa shape index (κ3) is 6.23. The number of aromatic nitrogens is 2. The van der Waals surface area contributed by atoms with Crippen molar-refractivity contribution in [3.8, 4) is 0 Å². The molecule has 10 nitrogen and oxygen atoms in total. The van der Waals surface area contributed by atoms with Crippen LogP contribution in [-0.2, 0) is 10.0 Å². The summed E-state index contributed by atoms with van der Waals surface area (Å²) in [5.74, 6) is 0.520. The van der Waals surface area contributed by atoms with Crippen LogP contribution >= 0.6 is 0 Å². The number of carbonyl (C=O) groups excluding carboxylic acids is 1. The largest absolute Gasteiger partial charge is 0.395 e. The molecule has 1 unspecified atom stereocenters. The highest BCUT2D eigenvalue weighted by atomic mass is 32.2. The Balaban J connectivity index is 1.70. The molecule has 0 aliphatic carbocycles. The molecule has 0 radical (unpaired) electrons. The van der Waals surface area contributed by atoms with Gasteiger partial charge < -0.3 is 20.6 Å². The van der Waals surface area contributed by atoms with Crippen LogP contribution in [0.2, 0.25) is 0 Å². The van der Waals surface area contributed by atoms with Crippen LogP contribution in [0, 0.1) is 5.92 Å². The Kier molecular flexibility index (Phi) is 7.63. The number of hydrogen-bond acceptors (Lipinski definition) is 8. The van der Waals surface area contributed by atoms with Crippen molar-refractivity contribution in [1.82, 2.24) is 9.97 Å². The first-order valence-corrected chi connectivity index (χ1v) is 13.1. The number of carbonyl (C=O) groups is 1. The summed E-state index contributed by atoms with van der Waals surface area (Å²) in [7, 11) is -3.69. The van der Waals surface area contributed by atoms with Crippen LogP contribution in [0.25, 0.3) is 0 Å².